The molecule has 1 unspecified atom stereocenters. The second-order valence-electron chi connectivity index (χ2n) is 6.50. The van der Waals surface area contributed by atoms with Gasteiger partial charge in [-0.2, -0.15) is 5.01 Å². The number of benzene rings is 2. The number of carbonyl (C=O) groups is 3. The highest BCUT2D eigenvalue weighted by Gasteiger charge is 2.47. The number of hydrazine groups is 1. The third-order valence-electron chi connectivity index (χ3n) is 4.55. The molecule has 0 bridgehead atoms. The Hall–Kier alpha value is -3.35. The Morgan fingerprint density at radius 1 is 1.11 bits per heavy atom. The molecule has 2 N–H and O–H groups in total. The van der Waals surface area contributed by atoms with Crippen molar-refractivity contribution < 1.29 is 19.1 Å². The van der Waals surface area contributed by atoms with Crippen LogP contribution in [0.2, 0.25) is 0 Å². The summed E-state index contributed by atoms with van der Waals surface area (Å²) in [5.74, 6) is -0.248. The minimum absolute atomic E-state index is 0.337. The summed E-state index contributed by atoms with van der Waals surface area (Å²) in [4.78, 5) is 36.6. The molecule has 0 radical (unpaired) electrons. The molecule has 1 aliphatic rings. The Morgan fingerprint density at radius 3 is 2.37 bits per heavy atom. The van der Waals surface area contributed by atoms with Gasteiger partial charge >= 0.3 is 6.03 Å². The third kappa shape index (κ3) is 3.92. The zero-order valence-electron chi connectivity index (χ0n) is 15.2. The van der Waals surface area contributed by atoms with E-state index in [2.05, 4.69) is 10.7 Å². The molecule has 7 heteroatoms. The maximum atomic E-state index is 12.4. The normalized spacial score (nSPS) is 19.0. The highest BCUT2D eigenvalue weighted by atomic mass is 16.5. The van der Waals surface area contributed by atoms with Crippen LogP contribution in [0.1, 0.15) is 36.2 Å². The number of urea groups is 1. The molecule has 1 heterocycles. The molecule has 27 heavy (non-hydrogen) atoms. The Bertz CT molecular complexity index is 851. The highest BCUT2D eigenvalue weighted by Crippen LogP contribution is 2.19. The molecule has 140 valence electrons. The first kappa shape index (κ1) is 18.4. The van der Waals surface area contributed by atoms with Crippen molar-refractivity contribution >= 4 is 17.8 Å². The molecule has 1 saturated heterocycles. The Kier molecular flexibility index (Phi) is 5.12. The number of hydrogen-bond acceptors (Lipinski definition) is 4. The van der Waals surface area contributed by atoms with Gasteiger partial charge in [0.25, 0.3) is 11.8 Å². The number of imide groups is 1. The van der Waals surface area contributed by atoms with E-state index in [9.17, 15) is 14.4 Å². The second kappa shape index (κ2) is 7.49. The maximum Gasteiger partial charge on any atom is 0.344 e. The molecule has 1 fully saturated rings. The van der Waals surface area contributed by atoms with Crippen LogP contribution in [0, 0.1) is 0 Å². The first-order valence-electron chi connectivity index (χ1n) is 8.67. The first-order chi connectivity index (χ1) is 12.9. The van der Waals surface area contributed by atoms with Crippen LogP contribution in [0.25, 0.3) is 0 Å². The second-order valence-corrected chi connectivity index (χ2v) is 6.50. The zero-order chi connectivity index (χ0) is 19.4. The fourth-order valence-electron chi connectivity index (χ4n) is 2.63. The molecule has 1 aliphatic heterocycles. The van der Waals surface area contributed by atoms with Crippen molar-refractivity contribution in [3.8, 4) is 5.75 Å². The van der Waals surface area contributed by atoms with E-state index in [-0.39, 0.29) is 0 Å². The molecule has 1 atom stereocenters. The average molecular weight is 367 g/mol. The number of carbonyl (C=O) groups excluding carboxylic acids is 3. The summed E-state index contributed by atoms with van der Waals surface area (Å²) in [6.07, 6.45) is 0.431. The lowest BCUT2D eigenvalue weighted by Gasteiger charge is -2.19. The average Bonchev–Trinajstić information content (AvgIpc) is 2.91. The zero-order valence-corrected chi connectivity index (χ0v) is 15.2. The standard InChI is InChI=1S/C20H21N3O4/c1-3-20(2)18(25)23(19(26)21-20)22-17(24)15-11-9-14(10-12-15)13-27-16-7-5-4-6-8-16/h4-12H,3,13H2,1-2H3,(H,21,26)(H,22,24). The van der Waals surface area contributed by atoms with Crippen LogP contribution < -0.4 is 15.5 Å². The number of para-hydroxylation sites is 1. The molecule has 0 saturated carbocycles. The van der Waals surface area contributed by atoms with Gasteiger partial charge in [0.1, 0.15) is 17.9 Å². The van der Waals surface area contributed by atoms with E-state index >= 15 is 0 Å². The van der Waals surface area contributed by atoms with Crippen molar-refractivity contribution in [3.05, 3.63) is 65.7 Å². The molecular weight excluding hydrogens is 346 g/mol. The first-order valence-corrected chi connectivity index (χ1v) is 8.67. The summed E-state index contributed by atoms with van der Waals surface area (Å²) in [5, 5.41) is 3.32. The Balaban J connectivity index is 1.61. The molecule has 2 aromatic rings. The van der Waals surface area contributed by atoms with Gasteiger partial charge in [0.05, 0.1) is 0 Å². The van der Waals surface area contributed by atoms with Gasteiger partial charge in [0, 0.05) is 5.56 Å². The molecule has 0 aliphatic carbocycles. The summed E-state index contributed by atoms with van der Waals surface area (Å²) in [5.41, 5.74) is 2.60. The third-order valence-corrected chi connectivity index (χ3v) is 4.55. The summed E-state index contributed by atoms with van der Waals surface area (Å²) in [6.45, 7) is 3.79. The van der Waals surface area contributed by atoms with E-state index in [4.69, 9.17) is 4.74 Å². The molecule has 7 nitrogen and oxygen atoms in total. The number of hydrogen-bond donors (Lipinski definition) is 2. The van der Waals surface area contributed by atoms with Crippen molar-refractivity contribution in [2.24, 2.45) is 0 Å². The number of rotatable bonds is 6. The van der Waals surface area contributed by atoms with Gasteiger partial charge in [-0.15, -0.1) is 0 Å². The van der Waals surface area contributed by atoms with E-state index in [0.717, 1.165) is 16.3 Å². The van der Waals surface area contributed by atoms with Gasteiger partial charge < -0.3 is 10.1 Å². The summed E-state index contributed by atoms with van der Waals surface area (Å²) in [7, 11) is 0. The fourth-order valence-corrected chi connectivity index (χ4v) is 2.63. The van der Waals surface area contributed by atoms with Crippen LogP contribution >= 0.6 is 0 Å². The van der Waals surface area contributed by atoms with Crippen molar-refractivity contribution in [2.45, 2.75) is 32.4 Å². The lowest BCUT2D eigenvalue weighted by molar-refractivity contribution is -0.132. The lowest BCUT2D eigenvalue weighted by Crippen LogP contribution is -2.48. The van der Waals surface area contributed by atoms with Crippen molar-refractivity contribution in [3.63, 3.8) is 0 Å². The number of nitrogens with zero attached hydrogens (tertiary/aromatic N) is 1. The topological polar surface area (TPSA) is 87.7 Å². The Labute approximate surface area is 157 Å². The predicted octanol–water partition coefficient (Wildman–Crippen LogP) is 2.63. The number of amides is 4. The number of nitrogens with one attached hydrogen (secondary N) is 2. The largest absolute Gasteiger partial charge is 0.489 e. The van der Waals surface area contributed by atoms with Crippen LogP contribution in [-0.2, 0) is 11.4 Å². The van der Waals surface area contributed by atoms with Gasteiger partial charge in [-0.1, -0.05) is 37.3 Å². The fraction of sp³-hybridized carbons (Fsp3) is 0.250. The SMILES string of the molecule is CCC1(C)NC(=O)N(NC(=O)c2ccc(COc3ccccc3)cc2)C1=O. The molecular formula is C20H21N3O4. The molecule has 3 rings (SSSR count). The van der Waals surface area contributed by atoms with Crippen LogP contribution in [0.5, 0.6) is 5.75 Å². The van der Waals surface area contributed by atoms with Crippen LogP contribution in [0.15, 0.2) is 54.6 Å². The summed E-state index contributed by atoms with van der Waals surface area (Å²) in [6, 6.07) is 15.6. The van der Waals surface area contributed by atoms with Gasteiger partial charge in [-0.25, -0.2) is 4.79 Å². The summed E-state index contributed by atoms with van der Waals surface area (Å²) < 4.78 is 5.66. The number of ether oxygens (including phenoxy) is 1. The smallest absolute Gasteiger partial charge is 0.344 e. The van der Waals surface area contributed by atoms with Gasteiger partial charge in [-0.3, -0.25) is 15.0 Å². The van der Waals surface area contributed by atoms with E-state index in [0.29, 0.717) is 18.6 Å². The molecule has 2 aromatic carbocycles. The lowest BCUT2D eigenvalue weighted by atomic mass is 10.00. The van der Waals surface area contributed by atoms with Crippen molar-refractivity contribution in [2.75, 3.05) is 0 Å². The van der Waals surface area contributed by atoms with Gasteiger partial charge in [0.2, 0.25) is 0 Å². The van der Waals surface area contributed by atoms with E-state index in [1.165, 1.54) is 0 Å². The highest BCUT2D eigenvalue weighted by molar-refractivity contribution is 6.09. The minimum atomic E-state index is -0.997. The molecule has 4 amide bonds. The Morgan fingerprint density at radius 2 is 1.78 bits per heavy atom. The predicted molar refractivity (Wildman–Crippen MR) is 98.8 cm³/mol. The van der Waals surface area contributed by atoms with Crippen LogP contribution in [0.4, 0.5) is 4.79 Å². The van der Waals surface area contributed by atoms with Crippen LogP contribution in [0.3, 0.4) is 0 Å². The molecule has 0 aromatic heterocycles. The van der Waals surface area contributed by atoms with Gasteiger partial charge in [-0.05, 0) is 43.2 Å². The monoisotopic (exact) mass is 367 g/mol. The van der Waals surface area contributed by atoms with Crippen molar-refractivity contribution in [1.82, 2.24) is 15.8 Å². The quantitative estimate of drug-likeness (QED) is 0.769. The van der Waals surface area contributed by atoms with Gasteiger partial charge in [0.15, 0.2) is 0 Å². The maximum absolute atomic E-state index is 12.4. The van der Waals surface area contributed by atoms with Crippen LogP contribution in [-0.4, -0.2) is 28.4 Å². The summed E-state index contributed by atoms with van der Waals surface area (Å²) >= 11 is 0. The van der Waals surface area contributed by atoms with Crippen molar-refractivity contribution in [1.29, 1.82) is 0 Å². The van der Waals surface area contributed by atoms with E-state index in [1.54, 1.807) is 38.1 Å². The minimum Gasteiger partial charge on any atom is -0.489 e. The van der Waals surface area contributed by atoms with E-state index in [1.807, 2.05) is 30.3 Å². The molecule has 0 spiro atoms. The van der Waals surface area contributed by atoms with E-state index < -0.39 is 23.4 Å².